The molecule has 0 aliphatic rings. The van der Waals surface area contributed by atoms with Crippen LogP contribution >= 0.6 is 0 Å². The van der Waals surface area contributed by atoms with Crippen molar-refractivity contribution in [3.05, 3.63) is 0 Å². The molecule has 0 saturated carbocycles. The number of nitrogens with zero attached hydrogens (tertiary/aromatic N) is 1. The molecular formula is C7H17NO3S. The number of aliphatic hydroxyl groups is 1. The third-order valence-electron chi connectivity index (χ3n) is 1.59. The van der Waals surface area contributed by atoms with E-state index in [4.69, 9.17) is 5.11 Å². The molecule has 0 aromatic rings. The van der Waals surface area contributed by atoms with Gasteiger partial charge in [-0.2, -0.15) is 4.31 Å². The molecule has 0 amide bonds. The maximum atomic E-state index is 11.4. The first-order chi connectivity index (χ1) is 5.45. The summed E-state index contributed by atoms with van der Waals surface area (Å²) in [4.78, 5) is 0. The zero-order valence-electron chi connectivity index (χ0n) is 7.82. The van der Waals surface area contributed by atoms with Crippen molar-refractivity contribution in [1.82, 2.24) is 4.31 Å². The Labute approximate surface area is 74.2 Å². The maximum Gasteiger partial charge on any atom is 0.216 e. The molecule has 0 aliphatic heterocycles. The molecule has 5 heteroatoms. The molecule has 0 rings (SSSR count). The summed E-state index contributed by atoms with van der Waals surface area (Å²) in [6.07, 6.45) is 0. The highest BCUT2D eigenvalue weighted by atomic mass is 32.2. The van der Waals surface area contributed by atoms with Gasteiger partial charge in [0.15, 0.2) is 0 Å². The first-order valence-electron chi connectivity index (χ1n) is 4.06. The standard InChI is InChI=1S/C7H17NO3S/c1-4-8(7(2)3)12(10,11)6-5-9/h7,9H,4-6H2,1-3H3. The van der Waals surface area contributed by atoms with Gasteiger partial charge < -0.3 is 5.11 Å². The van der Waals surface area contributed by atoms with Crippen LogP contribution in [0.5, 0.6) is 0 Å². The molecule has 1 N–H and O–H groups in total. The van der Waals surface area contributed by atoms with E-state index in [9.17, 15) is 8.42 Å². The van der Waals surface area contributed by atoms with Gasteiger partial charge in [-0.25, -0.2) is 8.42 Å². The molecule has 0 saturated heterocycles. The summed E-state index contributed by atoms with van der Waals surface area (Å²) >= 11 is 0. The van der Waals surface area contributed by atoms with Gasteiger partial charge in [-0.15, -0.1) is 0 Å². The van der Waals surface area contributed by atoms with Crippen LogP contribution in [-0.2, 0) is 10.0 Å². The Bertz CT molecular complexity index is 211. The predicted octanol–water partition coefficient (Wildman–Crippen LogP) is 0.0388. The minimum atomic E-state index is -3.24. The lowest BCUT2D eigenvalue weighted by Crippen LogP contribution is -2.38. The van der Waals surface area contributed by atoms with Crippen LogP contribution in [0.3, 0.4) is 0 Å². The van der Waals surface area contributed by atoms with Gasteiger partial charge in [-0.1, -0.05) is 6.92 Å². The lowest BCUT2D eigenvalue weighted by molar-refractivity contribution is 0.310. The fourth-order valence-corrected chi connectivity index (χ4v) is 2.62. The van der Waals surface area contributed by atoms with Crippen LogP contribution in [0.1, 0.15) is 20.8 Å². The molecule has 0 heterocycles. The Morgan fingerprint density at radius 2 is 1.92 bits per heavy atom. The van der Waals surface area contributed by atoms with Crippen LogP contribution < -0.4 is 0 Å². The molecule has 0 atom stereocenters. The predicted molar refractivity (Wildman–Crippen MR) is 48.4 cm³/mol. The molecule has 0 aromatic heterocycles. The second-order valence-electron chi connectivity index (χ2n) is 2.84. The minimum Gasteiger partial charge on any atom is -0.395 e. The van der Waals surface area contributed by atoms with E-state index < -0.39 is 10.0 Å². The van der Waals surface area contributed by atoms with Gasteiger partial charge in [-0.3, -0.25) is 0 Å². The Morgan fingerprint density at radius 3 is 2.17 bits per heavy atom. The highest BCUT2D eigenvalue weighted by Gasteiger charge is 2.21. The highest BCUT2D eigenvalue weighted by molar-refractivity contribution is 7.89. The van der Waals surface area contributed by atoms with E-state index in [1.165, 1.54) is 4.31 Å². The lowest BCUT2D eigenvalue weighted by atomic mass is 10.4. The fourth-order valence-electron chi connectivity index (χ4n) is 1.12. The van der Waals surface area contributed by atoms with Gasteiger partial charge in [0.2, 0.25) is 10.0 Å². The summed E-state index contributed by atoms with van der Waals surface area (Å²) in [5, 5.41) is 8.52. The zero-order valence-corrected chi connectivity index (χ0v) is 8.63. The van der Waals surface area contributed by atoms with Gasteiger partial charge in [0.05, 0.1) is 12.4 Å². The molecule has 0 bridgehead atoms. The largest absolute Gasteiger partial charge is 0.395 e. The third-order valence-corrected chi connectivity index (χ3v) is 3.69. The number of hydrogen-bond donors (Lipinski definition) is 1. The molecular weight excluding hydrogens is 178 g/mol. The SMILES string of the molecule is CCN(C(C)C)S(=O)(=O)CCO. The van der Waals surface area contributed by atoms with Crippen molar-refractivity contribution in [3.8, 4) is 0 Å². The van der Waals surface area contributed by atoms with Crippen LogP contribution in [0.25, 0.3) is 0 Å². The second-order valence-corrected chi connectivity index (χ2v) is 4.88. The van der Waals surface area contributed by atoms with Crippen molar-refractivity contribution in [1.29, 1.82) is 0 Å². The Kier molecular flexibility index (Phi) is 4.74. The monoisotopic (exact) mass is 195 g/mol. The number of rotatable bonds is 5. The molecule has 0 fully saturated rings. The molecule has 12 heavy (non-hydrogen) atoms. The van der Waals surface area contributed by atoms with E-state index in [1.807, 2.05) is 13.8 Å². The Hall–Kier alpha value is -0.130. The molecule has 0 spiro atoms. The number of sulfonamides is 1. The number of hydrogen-bond acceptors (Lipinski definition) is 3. The summed E-state index contributed by atoms with van der Waals surface area (Å²) < 4.78 is 24.1. The van der Waals surface area contributed by atoms with Gasteiger partial charge in [0.25, 0.3) is 0 Å². The van der Waals surface area contributed by atoms with Crippen LogP contribution in [0.4, 0.5) is 0 Å². The van der Waals surface area contributed by atoms with Crippen molar-refractivity contribution < 1.29 is 13.5 Å². The van der Waals surface area contributed by atoms with Crippen molar-refractivity contribution in [2.75, 3.05) is 18.9 Å². The van der Waals surface area contributed by atoms with Crippen LogP contribution in [0.15, 0.2) is 0 Å². The molecule has 0 radical (unpaired) electrons. The first kappa shape index (κ1) is 11.9. The van der Waals surface area contributed by atoms with E-state index in [0.717, 1.165) is 0 Å². The molecule has 0 unspecified atom stereocenters. The Balaban J connectivity index is 4.49. The van der Waals surface area contributed by atoms with E-state index in [0.29, 0.717) is 6.54 Å². The highest BCUT2D eigenvalue weighted by Crippen LogP contribution is 2.05. The zero-order chi connectivity index (χ0) is 9.78. The van der Waals surface area contributed by atoms with Crippen LogP contribution in [0.2, 0.25) is 0 Å². The summed E-state index contributed by atoms with van der Waals surface area (Å²) in [7, 11) is -3.24. The smallest absolute Gasteiger partial charge is 0.216 e. The van der Waals surface area contributed by atoms with Crippen molar-refractivity contribution >= 4 is 10.0 Å². The second kappa shape index (κ2) is 4.79. The average molecular weight is 195 g/mol. The van der Waals surface area contributed by atoms with E-state index in [1.54, 1.807) is 6.92 Å². The van der Waals surface area contributed by atoms with Gasteiger partial charge >= 0.3 is 0 Å². The summed E-state index contributed by atoms with van der Waals surface area (Å²) in [5.74, 6) is -0.182. The Morgan fingerprint density at radius 1 is 1.42 bits per heavy atom. The summed E-state index contributed by atoms with van der Waals surface area (Å²) in [5.41, 5.74) is 0. The van der Waals surface area contributed by atoms with E-state index in [-0.39, 0.29) is 18.4 Å². The molecule has 4 nitrogen and oxygen atoms in total. The van der Waals surface area contributed by atoms with Gasteiger partial charge in [0, 0.05) is 12.6 Å². The molecule has 74 valence electrons. The lowest BCUT2D eigenvalue weighted by Gasteiger charge is -2.23. The van der Waals surface area contributed by atoms with Crippen molar-refractivity contribution in [3.63, 3.8) is 0 Å². The van der Waals surface area contributed by atoms with Gasteiger partial charge in [0.1, 0.15) is 0 Å². The van der Waals surface area contributed by atoms with Gasteiger partial charge in [-0.05, 0) is 13.8 Å². The van der Waals surface area contributed by atoms with E-state index in [2.05, 4.69) is 0 Å². The summed E-state index contributed by atoms with van der Waals surface area (Å²) in [6, 6.07) is -0.0356. The van der Waals surface area contributed by atoms with Crippen LogP contribution in [-0.4, -0.2) is 42.8 Å². The fraction of sp³-hybridized carbons (Fsp3) is 1.00. The van der Waals surface area contributed by atoms with Crippen molar-refractivity contribution in [2.45, 2.75) is 26.8 Å². The first-order valence-corrected chi connectivity index (χ1v) is 5.67. The topological polar surface area (TPSA) is 57.6 Å². The van der Waals surface area contributed by atoms with Crippen molar-refractivity contribution in [2.24, 2.45) is 0 Å². The van der Waals surface area contributed by atoms with E-state index >= 15 is 0 Å². The summed E-state index contributed by atoms with van der Waals surface area (Å²) in [6.45, 7) is 5.57. The quantitative estimate of drug-likeness (QED) is 0.674. The maximum absolute atomic E-state index is 11.4. The minimum absolute atomic E-state index is 0.0356. The third kappa shape index (κ3) is 3.08. The average Bonchev–Trinajstić information content (AvgIpc) is 1.86. The van der Waals surface area contributed by atoms with Crippen LogP contribution in [0, 0.1) is 0 Å². The molecule has 0 aliphatic carbocycles. The normalized spacial score (nSPS) is 12.8. The molecule has 0 aromatic carbocycles. The number of aliphatic hydroxyl groups excluding tert-OH is 1.